The first kappa shape index (κ1) is 13.9. The van der Waals surface area contributed by atoms with E-state index in [-0.39, 0.29) is 6.04 Å². The molecule has 1 N–H and O–H groups in total. The van der Waals surface area contributed by atoms with Crippen LogP contribution in [0.25, 0.3) is 0 Å². The monoisotopic (exact) mass is 334 g/mol. The molecule has 0 saturated carbocycles. The van der Waals surface area contributed by atoms with E-state index in [2.05, 4.69) is 27.3 Å². The van der Waals surface area contributed by atoms with Crippen LogP contribution in [0.15, 0.2) is 53.0 Å². The SMILES string of the molecule is N#CCC(Nc1ccc(Br)cc1Cl)c1ccccc1. The van der Waals surface area contributed by atoms with Crippen molar-refractivity contribution < 1.29 is 0 Å². The van der Waals surface area contributed by atoms with Crippen LogP contribution in [0.4, 0.5) is 5.69 Å². The summed E-state index contributed by atoms with van der Waals surface area (Å²) in [5, 5.41) is 12.9. The Labute approximate surface area is 126 Å². The number of hydrogen-bond donors (Lipinski definition) is 1. The topological polar surface area (TPSA) is 35.8 Å². The molecular formula is C15H12BrClN2. The van der Waals surface area contributed by atoms with Crippen LogP contribution in [-0.4, -0.2) is 0 Å². The normalized spacial score (nSPS) is 11.6. The third-order valence-corrected chi connectivity index (χ3v) is 3.56. The van der Waals surface area contributed by atoms with Gasteiger partial charge in [0.2, 0.25) is 0 Å². The van der Waals surface area contributed by atoms with Gasteiger partial charge in [-0.1, -0.05) is 57.9 Å². The Balaban J connectivity index is 2.24. The minimum atomic E-state index is -0.0649. The van der Waals surface area contributed by atoms with Gasteiger partial charge in [-0.05, 0) is 23.8 Å². The van der Waals surface area contributed by atoms with Gasteiger partial charge in [-0.25, -0.2) is 0 Å². The van der Waals surface area contributed by atoms with Crippen LogP contribution < -0.4 is 5.32 Å². The van der Waals surface area contributed by atoms with Gasteiger partial charge in [0.05, 0.1) is 29.2 Å². The average molecular weight is 336 g/mol. The van der Waals surface area contributed by atoms with Crippen molar-refractivity contribution in [1.82, 2.24) is 0 Å². The van der Waals surface area contributed by atoms with Crippen molar-refractivity contribution in [2.45, 2.75) is 12.5 Å². The molecule has 0 radical (unpaired) electrons. The lowest BCUT2D eigenvalue weighted by Crippen LogP contribution is -2.10. The maximum absolute atomic E-state index is 8.96. The summed E-state index contributed by atoms with van der Waals surface area (Å²) in [7, 11) is 0. The Bertz CT molecular complexity index is 593. The van der Waals surface area contributed by atoms with Crippen molar-refractivity contribution in [3.63, 3.8) is 0 Å². The molecule has 2 aromatic carbocycles. The lowest BCUT2D eigenvalue weighted by Gasteiger charge is -2.18. The third-order valence-electron chi connectivity index (χ3n) is 2.76. The molecule has 0 heterocycles. The van der Waals surface area contributed by atoms with Crippen LogP contribution in [0.1, 0.15) is 18.0 Å². The lowest BCUT2D eigenvalue weighted by molar-refractivity contribution is 0.806. The molecule has 2 nitrogen and oxygen atoms in total. The summed E-state index contributed by atoms with van der Waals surface area (Å²) in [5.41, 5.74) is 1.90. The summed E-state index contributed by atoms with van der Waals surface area (Å²) in [6, 6.07) is 17.7. The van der Waals surface area contributed by atoms with Crippen molar-refractivity contribution in [3.8, 4) is 6.07 Å². The molecule has 0 aromatic heterocycles. The van der Waals surface area contributed by atoms with Crippen LogP contribution in [0, 0.1) is 11.3 Å². The Morgan fingerprint density at radius 3 is 2.58 bits per heavy atom. The fourth-order valence-electron chi connectivity index (χ4n) is 1.82. The molecule has 2 rings (SSSR count). The van der Waals surface area contributed by atoms with Crippen LogP contribution in [0.2, 0.25) is 5.02 Å². The van der Waals surface area contributed by atoms with E-state index in [1.54, 1.807) is 0 Å². The van der Waals surface area contributed by atoms with Gasteiger partial charge in [0.25, 0.3) is 0 Å². The van der Waals surface area contributed by atoms with Crippen molar-refractivity contribution in [1.29, 1.82) is 5.26 Å². The summed E-state index contributed by atoms with van der Waals surface area (Å²) in [6.45, 7) is 0. The average Bonchev–Trinajstić information content (AvgIpc) is 2.42. The van der Waals surface area contributed by atoms with Gasteiger partial charge in [-0.3, -0.25) is 0 Å². The van der Waals surface area contributed by atoms with E-state index in [1.807, 2.05) is 48.5 Å². The molecule has 0 fully saturated rings. The second-order valence-corrected chi connectivity index (χ2v) is 5.42. The molecule has 96 valence electrons. The number of nitrogens with zero attached hydrogens (tertiary/aromatic N) is 1. The Morgan fingerprint density at radius 1 is 1.21 bits per heavy atom. The lowest BCUT2D eigenvalue weighted by atomic mass is 10.0. The summed E-state index contributed by atoms with van der Waals surface area (Å²) in [4.78, 5) is 0. The summed E-state index contributed by atoms with van der Waals surface area (Å²) < 4.78 is 0.930. The number of nitrogens with one attached hydrogen (secondary N) is 1. The van der Waals surface area contributed by atoms with Gasteiger partial charge < -0.3 is 5.32 Å². The van der Waals surface area contributed by atoms with E-state index < -0.39 is 0 Å². The molecular weight excluding hydrogens is 324 g/mol. The van der Waals surface area contributed by atoms with Crippen LogP contribution in [0.5, 0.6) is 0 Å². The first-order valence-corrected chi connectivity index (χ1v) is 7.01. The Kier molecular flexibility index (Phi) is 4.84. The predicted octanol–water partition coefficient (Wildman–Crippen LogP) is 5.17. The maximum Gasteiger partial charge on any atom is 0.0648 e. The molecule has 1 atom stereocenters. The first-order valence-electron chi connectivity index (χ1n) is 5.84. The Hall–Kier alpha value is -1.50. The van der Waals surface area contributed by atoms with Crippen molar-refractivity contribution in [2.24, 2.45) is 0 Å². The van der Waals surface area contributed by atoms with Crippen molar-refractivity contribution in [3.05, 3.63) is 63.6 Å². The second kappa shape index (κ2) is 6.60. The zero-order valence-electron chi connectivity index (χ0n) is 10.1. The summed E-state index contributed by atoms with van der Waals surface area (Å²) >= 11 is 9.56. The number of nitriles is 1. The van der Waals surface area contributed by atoms with Gasteiger partial charge in [0, 0.05) is 4.47 Å². The summed E-state index contributed by atoms with van der Waals surface area (Å²) in [6.07, 6.45) is 0.385. The third kappa shape index (κ3) is 3.73. The molecule has 19 heavy (non-hydrogen) atoms. The molecule has 1 unspecified atom stereocenters. The molecule has 4 heteroatoms. The van der Waals surface area contributed by atoms with Gasteiger partial charge in [0.1, 0.15) is 0 Å². The highest BCUT2D eigenvalue weighted by atomic mass is 79.9. The molecule has 0 aliphatic heterocycles. The number of halogens is 2. The summed E-state index contributed by atoms with van der Waals surface area (Å²) in [5.74, 6) is 0. The van der Waals surface area contributed by atoms with Crippen molar-refractivity contribution in [2.75, 3.05) is 5.32 Å². The molecule has 0 amide bonds. The molecule has 0 spiro atoms. The zero-order chi connectivity index (χ0) is 13.7. The second-order valence-electron chi connectivity index (χ2n) is 4.09. The van der Waals surface area contributed by atoms with E-state index in [1.165, 1.54) is 0 Å². The van der Waals surface area contributed by atoms with Gasteiger partial charge in [-0.15, -0.1) is 0 Å². The van der Waals surface area contributed by atoms with E-state index in [0.717, 1.165) is 15.7 Å². The number of rotatable bonds is 4. The Morgan fingerprint density at radius 2 is 1.95 bits per heavy atom. The molecule has 2 aromatic rings. The molecule has 0 aliphatic rings. The van der Waals surface area contributed by atoms with Crippen LogP contribution in [0.3, 0.4) is 0 Å². The maximum atomic E-state index is 8.96. The predicted molar refractivity (Wildman–Crippen MR) is 82.2 cm³/mol. The number of benzene rings is 2. The van der Waals surface area contributed by atoms with E-state index >= 15 is 0 Å². The number of anilines is 1. The van der Waals surface area contributed by atoms with Gasteiger partial charge in [0.15, 0.2) is 0 Å². The number of hydrogen-bond acceptors (Lipinski definition) is 2. The minimum Gasteiger partial charge on any atom is -0.376 e. The van der Waals surface area contributed by atoms with Gasteiger partial charge >= 0.3 is 0 Å². The molecule has 0 bridgehead atoms. The minimum absolute atomic E-state index is 0.0649. The van der Waals surface area contributed by atoms with Crippen molar-refractivity contribution >= 4 is 33.2 Å². The first-order chi connectivity index (χ1) is 9.20. The zero-order valence-corrected chi connectivity index (χ0v) is 12.4. The van der Waals surface area contributed by atoms with E-state index in [9.17, 15) is 0 Å². The van der Waals surface area contributed by atoms with Gasteiger partial charge in [-0.2, -0.15) is 5.26 Å². The standard InChI is InChI=1S/C15H12BrClN2/c16-12-6-7-15(13(17)10-12)19-14(8-9-18)11-4-2-1-3-5-11/h1-7,10,14,19H,8H2. The molecule has 0 aliphatic carbocycles. The quantitative estimate of drug-likeness (QED) is 0.836. The highest BCUT2D eigenvalue weighted by molar-refractivity contribution is 9.10. The largest absolute Gasteiger partial charge is 0.376 e. The van der Waals surface area contributed by atoms with Crippen LogP contribution in [-0.2, 0) is 0 Å². The highest BCUT2D eigenvalue weighted by Crippen LogP contribution is 2.30. The van der Waals surface area contributed by atoms with Crippen LogP contribution >= 0.6 is 27.5 Å². The van der Waals surface area contributed by atoms with E-state index in [0.29, 0.717) is 11.4 Å². The highest BCUT2D eigenvalue weighted by Gasteiger charge is 2.12. The molecule has 0 saturated heterocycles. The smallest absolute Gasteiger partial charge is 0.0648 e. The fraction of sp³-hybridized carbons (Fsp3) is 0.133. The van der Waals surface area contributed by atoms with E-state index in [4.69, 9.17) is 16.9 Å². The fourth-order valence-corrected chi connectivity index (χ4v) is 2.55.